The molecule has 0 bridgehead atoms. The molecule has 0 radical (unpaired) electrons. The second kappa shape index (κ2) is 7.35. The van der Waals surface area contributed by atoms with Crippen molar-refractivity contribution in [3.63, 3.8) is 0 Å². The largest absolute Gasteiger partial charge is 0.469 e. The summed E-state index contributed by atoms with van der Waals surface area (Å²) in [7, 11) is 1.43. The molecule has 0 heterocycles. The number of Topliss-reactive ketones (excluding diaryl/α,β-unsaturated/α-hetero) is 2. The number of allylic oxidation sites excluding steroid dienone is 2. The molecule has 7 atom stereocenters. The molecule has 0 spiro atoms. The summed E-state index contributed by atoms with van der Waals surface area (Å²) in [5.41, 5.74) is 1.04. The molecule has 4 aliphatic carbocycles. The van der Waals surface area contributed by atoms with Crippen molar-refractivity contribution in [3.05, 3.63) is 11.6 Å². The number of esters is 1. The molecule has 3 fully saturated rings. The number of carbonyl (C=O) groups excluding carboxylic acids is 3. The molecule has 0 saturated heterocycles. The molecule has 3 saturated carbocycles. The molecule has 0 N–H and O–H groups in total. The fraction of sp³-hybridized carbons (Fsp3) is 0.800. The van der Waals surface area contributed by atoms with Crippen LogP contribution in [0, 0.1) is 40.4 Å². The van der Waals surface area contributed by atoms with Gasteiger partial charge >= 0.3 is 5.97 Å². The number of ether oxygens (including phenoxy) is 1. The summed E-state index contributed by atoms with van der Waals surface area (Å²) in [4.78, 5) is 37.3. The fourth-order valence-corrected chi connectivity index (χ4v) is 7.70. The van der Waals surface area contributed by atoms with E-state index >= 15 is 0 Å². The Bertz CT molecular complexity index is 752. The van der Waals surface area contributed by atoms with Crippen LogP contribution < -0.4 is 0 Å². The Morgan fingerprint density at radius 3 is 2.69 bits per heavy atom. The first kappa shape index (κ1) is 20.8. The minimum atomic E-state index is -0.371. The van der Waals surface area contributed by atoms with Gasteiger partial charge in [0.1, 0.15) is 11.6 Å². The molecule has 0 aromatic rings. The molecule has 4 aliphatic rings. The second-order valence-electron chi connectivity index (χ2n) is 10.6. The summed E-state index contributed by atoms with van der Waals surface area (Å²) in [5, 5.41) is 0. The van der Waals surface area contributed by atoms with E-state index in [1.54, 1.807) is 0 Å². The number of rotatable bonds is 4. The van der Waals surface area contributed by atoms with Gasteiger partial charge in [-0.2, -0.15) is 0 Å². The third kappa shape index (κ3) is 3.13. The minimum Gasteiger partial charge on any atom is -0.469 e. The van der Waals surface area contributed by atoms with Crippen molar-refractivity contribution >= 4 is 17.5 Å². The number of methoxy groups -OCH3 is 1. The van der Waals surface area contributed by atoms with Gasteiger partial charge < -0.3 is 4.74 Å². The van der Waals surface area contributed by atoms with E-state index in [1.807, 2.05) is 0 Å². The molecule has 4 rings (SSSR count). The van der Waals surface area contributed by atoms with Crippen LogP contribution in [0.4, 0.5) is 0 Å². The van der Waals surface area contributed by atoms with Crippen LogP contribution in [0.1, 0.15) is 78.6 Å². The number of hydrogen-bond donors (Lipinski definition) is 0. The Balaban J connectivity index is 1.56. The van der Waals surface area contributed by atoms with Gasteiger partial charge in [-0.15, -0.1) is 0 Å². The maximum absolute atomic E-state index is 13.6. The molecular weight excluding hydrogens is 364 g/mol. The van der Waals surface area contributed by atoms with Gasteiger partial charge in [0, 0.05) is 25.7 Å². The van der Waals surface area contributed by atoms with Crippen LogP contribution in [0.2, 0.25) is 0 Å². The first-order chi connectivity index (χ1) is 13.7. The number of ketones is 2. The first-order valence-corrected chi connectivity index (χ1v) is 11.5. The standard InChI is InChI=1S/C25H36O4/c1-15(5-10-23(28)29-4)19-8-9-20-18-7-6-16-13-17(26)11-12-24(16,2)21(18)14-22(27)25(19,20)3/h8,15-16,18,20-21H,5-7,9-14H2,1-4H3/t15-,16-,18?,20?,21?,24+,25-/m1/s1. The highest BCUT2D eigenvalue weighted by Gasteiger charge is 2.62. The smallest absolute Gasteiger partial charge is 0.305 e. The highest BCUT2D eigenvalue weighted by atomic mass is 16.5. The Morgan fingerprint density at radius 1 is 1.21 bits per heavy atom. The van der Waals surface area contributed by atoms with E-state index in [0.717, 1.165) is 38.5 Å². The lowest BCUT2D eigenvalue weighted by Gasteiger charge is -2.59. The Morgan fingerprint density at radius 2 is 1.97 bits per heavy atom. The van der Waals surface area contributed by atoms with Gasteiger partial charge in [0.05, 0.1) is 12.5 Å². The molecule has 0 aromatic carbocycles. The van der Waals surface area contributed by atoms with Crippen LogP contribution in [0.15, 0.2) is 11.6 Å². The van der Waals surface area contributed by atoms with Crippen molar-refractivity contribution in [2.45, 2.75) is 78.6 Å². The minimum absolute atomic E-state index is 0.146. The van der Waals surface area contributed by atoms with Crippen molar-refractivity contribution in [3.8, 4) is 0 Å². The lowest BCUT2D eigenvalue weighted by Crippen LogP contribution is -2.56. The van der Waals surface area contributed by atoms with Crippen LogP contribution in [-0.2, 0) is 19.1 Å². The Kier molecular flexibility index (Phi) is 5.28. The SMILES string of the molecule is COC(=O)CC[C@@H](C)C1=CCC2C3CC[C@@H]4CC(=O)CC[C@]4(C)C3CC(=O)[C@]12C. The normalized spacial score (nSPS) is 42.4. The topological polar surface area (TPSA) is 60.4 Å². The second-order valence-corrected chi connectivity index (χ2v) is 10.6. The Hall–Kier alpha value is -1.45. The van der Waals surface area contributed by atoms with Crippen LogP contribution in [0.25, 0.3) is 0 Å². The van der Waals surface area contributed by atoms with E-state index in [1.165, 1.54) is 12.7 Å². The van der Waals surface area contributed by atoms with Crippen molar-refractivity contribution < 1.29 is 19.1 Å². The zero-order chi connectivity index (χ0) is 21.0. The highest BCUT2D eigenvalue weighted by Crippen LogP contribution is 2.65. The van der Waals surface area contributed by atoms with E-state index in [-0.39, 0.29) is 22.7 Å². The van der Waals surface area contributed by atoms with Crippen molar-refractivity contribution in [1.82, 2.24) is 0 Å². The van der Waals surface area contributed by atoms with Gasteiger partial charge in [-0.1, -0.05) is 25.5 Å². The van der Waals surface area contributed by atoms with Gasteiger partial charge in [-0.05, 0) is 74.0 Å². The van der Waals surface area contributed by atoms with Gasteiger partial charge in [-0.3, -0.25) is 14.4 Å². The van der Waals surface area contributed by atoms with Crippen LogP contribution in [0.5, 0.6) is 0 Å². The summed E-state index contributed by atoms with van der Waals surface area (Å²) in [6, 6.07) is 0. The molecule has 29 heavy (non-hydrogen) atoms. The predicted molar refractivity (Wildman–Crippen MR) is 111 cm³/mol. The molecule has 4 heteroatoms. The lowest BCUT2D eigenvalue weighted by molar-refractivity contribution is -0.153. The average Bonchev–Trinajstić information content (AvgIpc) is 3.06. The first-order valence-electron chi connectivity index (χ1n) is 11.5. The number of hydrogen-bond acceptors (Lipinski definition) is 4. The van der Waals surface area contributed by atoms with Crippen molar-refractivity contribution in [2.24, 2.45) is 40.4 Å². The zero-order valence-corrected chi connectivity index (χ0v) is 18.5. The molecular formula is C25H36O4. The molecule has 0 amide bonds. The third-order valence-corrected chi connectivity index (χ3v) is 9.54. The van der Waals surface area contributed by atoms with Crippen LogP contribution >= 0.6 is 0 Å². The Labute approximate surface area is 174 Å². The van der Waals surface area contributed by atoms with Gasteiger partial charge in [0.25, 0.3) is 0 Å². The van der Waals surface area contributed by atoms with Crippen molar-refractivity contribution in [2.75, 3.05) is 7.11 Å². The molecule has 160 valence electrons. The van der Waals surface area contributed by atoms with Crippen LogP contribution in [-0.4, -0.2) is 24.6 Å². The number of fused-ring (bicyclic) bond motifs is 5. The maximum Gasteiger partial charge on any atom is 0.305 e. The van der Waals surface area contributed by atoms with Crippen molar-refractivity contribution in [1.29, 1.82) is 0 Å². The van der Waals surface area contributed by atoms with Gasteiger partial charge in [0.15, 0.2) is 0 Å². The summed E-state index contributed by atoms with van der Waals surface area (Å²) >= 11 is 0. The lowest BCUT2D eigenvalue weighted by atomic mass is 9.44. The van der Waals surface area contributed by atoms with E-state index in [2.05, 4.69) is 26.8 Å². The summed E-state index contributed by atoms with van der Waals surface area (Å²) in [6.45, 7) is 6.72. The number of carbonyl (C=O) groups is 3. The molecule has 4 nitrogen and oxygen atoms in total. The quantitative estimate of drug-likeness (QED) is 0.497. The molecule has 0 aliphatic heterocycles. The van der Waals surface area contributed by atoms with Crippen LogP contribution in [0.3, 0.4) is 0 Å². The van der Waals surface area contributed by atoms with E-state index < -0.39 is 0 Å². The van der Waals surface area contributed by atoms with Gasteiger partial charge in [0.2, 0.25) is 0 Å². The molecule has 3 unspecified atom stereocenters. The highest BCUT2D eigenvalue weighted by molar-refractivity contribution is 5.90. The van der Waals surface area contributed by atoms with Gasteiger partial charge in [-0.25, -0.2) is 0 Å². The average molecular weight is 401 g/mol. The maximum atomic E-state index is 13.6. The third-order valence-electron chi connectivity index (χ3n) is 9.54. The van der Waals surface area contributed by atoms with E-state index in [0.29, 0.717) is 54.5 Å². The summed E-state index contributed by atoms with van der Waals surface area (Å²) < 4.78 is 4.81. The van der Waals surface area contributed by atoms with E-state index in [4.69, 9.17) is 4.74 Å². The fourth-order valence-electron chi connectivity index (χ4n) is 7.70. The monoisotopic (exact) mass is 400 g/mol. The summed E-state index contributed by atoms with van der Waals surface area (Å²) in [5.74, 6) is 2.73. The summed E-state index contributed by atoms with van der Waals surface area (Å²) in [6.07, 6.45) is 9.80. The predicted octanol–water partition coefficient (Wildman–Crippen LogP) is 4.90. The zero-order valence-electron chi connectivity index (χ0n) is 18.5. The van der Waals surface area contributed by atoms with E-state index in [9.17, 15) is 14.4 Å². The molecule has 0 aromatic heterocycles.